The van der Waals surface area contributed by atoms with Crippen molar-refractivity contribution in [3.8, 4) is 0 Å². The van der Waals surface area contributed by atoms with Crippen LogP contribution in [0.5, 0.6) is 0 Å². The maximum absolute atomic E-state index is 12.8. The fraction of sp³-hybridized carbons (Fsp3) is 0.650. The summed E-state index contributed by atoms with van der Waals surface area (Å²) in [4.78, 5) is 11.6. The molecule has 0 bridgehead atoms. The Hall–Kier alpha value is -1.61. The van der Waals surface area contributed by atoms with Gasteiger partial charge < -0.3 is 10.6 Å². The van der Waals surface area contributed by atoms with E-state index in [1.165, 1.54) is 6.07 Å². The molecule has 2 rings (SSSR count). The number of amides is 1. The molecule has 29 heavy (non-hydrogen) atoms. The number of sulfone groups is 1. The minimum absolute atomic E-state index is 0.0910. The fourth-order valence-corrected chi connectivity index (χ4v) is 5.24. The highest BCUT2D eigenvalue weighted by atomic mass is 32.2. The molecular formula is C20H29F3N2O3S. The van der Waals surface area contributed by atoms with Crippen LogP contribution in [-0.2, 0) is 20.8 Å². The largest absolute Gasteiger partial charge is 0.416 e. The lowest BCUT2D eigenvalue weighted by Crippen LogP contribution is -2.47. The molecule has 1 aliphatic carbocycles. The molecule has 0 atom stereocenters. The lowest BCUT2D eigenvalue weighted by molar-refractivity contribution is -0.137. The fourth-order valence-electron chi connectivity index (χ4n) is 3.51. The second-order valence-corrected chi connectivity index (χ2v) is 10.7. The van der Waals surface area contributed by atoms with Gasteiger partial charge in [-0.1, -0.05) is 6.07 Å². The molecule has 1 aromatic carbocycles. The van der Waals surface area contributed by atoms with Crippen LogP contribution in [0, 0.1) is 5.92 Å². The van der Waals surface area contributed by atoms with Crippen molar-refractivity contribution in [2.75, 3.05) is 12.3 Å². The van der Waals surface area contributed by atoms with E-state index in [9.17, 15) is 26.4 Å². The van der Waals surface area contributed by atoms with Crippen LogP contribution in [0.1, 0.15) is 52.0 Å². The van der Waals surface area contributed by atoms with Crippen LogP contribution < -0.4 is 10.6 Å². The summed E-state index contributed by atoms with van der Waals surface area (Å²) < 4.78 is 63.7. The van der Waals surface area contributed by atoms with E-state index in [0.717, 1.165) is 25.0 Å². The molecule has 2 N–H and O–H groups in total. The lowest BCUT2D eigenvalue weighted by Gasteiger charge is -2.29. The van der Waals surface area contributed by atoms with E-state index in [0.29, 0.717) is 18.9 Å². The third-order valence-electron chi connectivity index (χ3n) is 4.89. The number of halogens is 3. The first kappa shape index (κ1) is 23.7. The summed E-state index contributed by atoms with van der Waals surface area (Å²) in [5, 5.41) is 6.07. The van der Waals surface area contributed by atoms with Gasteiger partial charge in [-0.15, -0.1) is 0 Å². The zero-order chi connectivity index (χ0) is 21.9. The molecular weight excluding hydrogens is 405 g/mol. The number of carbonyl (C=O) groups is 1. The van der Waals surface area contributed by atoms with Gasteiger partial charge in [-0.2, -0.15) is 13.2 Å². The maximum atomic E-state index is 12.8. The normalized spacial score (nSPS) is 21.0. The number of carbonyl (C=O) groups excluding carboxylic acids is 1. The van der Waals surface area contributed by atoms with Gasteiger partial charge in [0.2, 0.25) is 5.91 Å². The third-order valence-corrected chi connectivity index (χ3v) is 6.77. The summed E-state index contributed by atoms with van der Waals surface area (Å²) in [6.45, 7) is 5.91. The number of benzene rings is 1. The van der Waals surface area contributed by atoms with E-state index < -0.39 is 21.6 Å². The second-order valence-electron chi connectivity index (χ2n) is 8.70. The predicted octanol–water partition coefficient (Wildman–Crippen LogP) is 3.54. The number of rotatable bonds is 6. The van der Waals surface area contributed by atoms with Crippen molar-refractivity contribution in [1.29, 1.82) is 0 Å². The molecule has 1 aromatic rings. The summed E-state index contributed by atoms with van der Waals surface area (Å²) in [6, 6.07) is 4.04. The van der Waals surface area contributed by atoms with Gasteiger partial charge in [0.15, 0.2) is 9.84 Å². The average Bonchev–Trinajstić information content (AvgIpc) is 2.59. The monoisotopic (exact) mass is 434 g/mol. The second kappa shape index (κ2) is 9.04. The highest BCUT2D eigenvalue weighted by Gasteiger charge is 2.32. The van der Waals surface area contributed by atoms with Crippen molar-refractivity contribution in [2.24, 2.45) is 5.92 Å². The Morgan fingerprint density at radius 1 is 1.10 bits per heavy atom. The number of hydrogen-bond acceptors (Lipinski definition) is 4. The smallest absolute Gasteiger partial charge is 0.350 e. The van der Waals surface area contributed by atoms with Crippen molar-refractivity contribution in [2.45, 2.75) is 69.1 Å². The average molecular weight is 435 g/mol. The zero-order valence-electron chi connectivity index (χ0n) is 17.0. The standard InChI is InChI=1S/C20H29F3N2O3S/c1-19(2,3)25-18(26)12-24-16-9-7-14(8-10-16)13-29(27,28)17-6-4-5-15(11-17)20(21,22)23/h4-6,11,14,16,24H,7-10,12-13H2,1-3H3,(H,25,26). The Bertz CT molecular complexity index is 809. The highest BCUT2D eigenvalue weighted by Crippen LogP contribution is 2.32. The predicted molar refractivity (Wildman–Crippen MR) is 105 cm³/mol. The molecule has 5 nitrogen and oxygen atoms in total. The molecule has 0 unspecified atom stereocenters. The van der Waals surface area contributed by atoms with Crippen LogP contribution in [0.3, 0.4) is 0 Å². The van der Waals surface area contributed by atoms with Crippen LogP contribution >= 0.6 is 0 Å². The SMILES string of the molecule is CC(C)(C)NC(=O)CNC1CCC(CS(=O)(=O)c2cccc(C(F)(F)F)c2)CC1. The first-order chi connectivity index (χ1) is 13.3. The van der Waals surface area contributed by atoms with Crippen molar-refractivity contribution in [3.63, 3.8) is 0 Å². The Labute approximate surface area is 170 Å². The summed E-state index contributed by atoms with van der Waals surface area (Å²) >= 11 is 0. The zero-order valence-corrected chi connectivity index (χ0v) is 17.8. The molecule has 0 aromatic heterocycles. The van der Waals surface area contributed by atoms with E-state index >= 15 is 0 Å². The third kappa shape index (κ3) is 7.62. The quantitative estimate of drug-likeness (QED) is 0.718. The first-order valence-electron chi connectivity index (χ1n) is 9.71. The Balaban J connectivity index is 1.86. The van der Waals surface area contributed by atoms with Gasteiger partial charge in [0.1, 0.15) is 0 Å². The maximum Gasteiger partial charge on any atom is 0.416 e. The summed E-state index contributed by atoms with van der Waals surface area (Å²) in [6.07, 6.45) is -1.82. The molecule has 0 saturated heterocycles. The van der Waals surface area contributed by atoms with Gasteiger partial charge in [-0.05, 0) is 70.6 Å². The van der Waals surface area contributed by atoms with Gasteiger partial charge >= 0.3 is 6.18 Å². The summed E-state index contributed by atoms with van der Waals surface area (Å²) in [7, 11) is -3.79. The molecule has 0 aliphatic heterocycles. The van der Waals surface area contributed by atoms with Crippen molar-refractivity contribution in [1.82, 2.24) is 10.6 Å². The van der Waals surface area contributed by atoms with Crippen LogP contribution in [0.2, 0.25) is 0 Å². The summed E-state index contributed by atoms with van der Waals surface area (Å²) in [5.74, 6) is -0.353. The molecule has 9 heteroatoms. The molecule has 1 fully saturated rings. The van der Waals surface area contributed by atoms with E-state index in [4.69, 9.17) is 0 Å². The van der Waals surface area contributed by atoms with Gasteiger partial charge in [-0.3, -0.25) is 4.79 Å². The van der Waals surface area contributed by atoms with Crippen molar-refractivity contribution in [3.05, 3.63) is 29.8 Å². The van der Waals surface area contributed by atoms with E-state index in [-0.39, 0.29) is 40.6 Å². The molecule has 1 aliphatic rings. The van der Waals surface area contributed by atoms with Gasteiger partial charge in [0, 0.05) is 11.6 Å². The minimum atomic E-state index is -4.57. The Morgan fingerprint density at radius 2 is 1.72 bits per heavy atom. The van der Waals surface area contributed by atoms with Crippen LogP contribution in [0.25, 0.3) is 0 Å². The minimum Gasteiger partial charge on any atom is -0.350 e. The van der Waals surface area contributed by atoms with E-state index in [1.54, 1.807) is 0 Å². The van der Waals surface area contributed by atoms with Crippen molar-refractivity contribution >= 4 is 15.7 Å². The topological polar surface area (TPSA) is 75.3 Å². The van der Waals surface area contributed by atoms with Crippen LogP contribution in [-0.4, -0.2) is 38.2 Å². The van der Waals surface area contributed by atoms with Crippen LogP contribution in [0.15, 0.2) is 29.2 Å². The molecule has 0 heterocycles. The number of nitrogens with one attached hydrogen (secondary N) is 2. The number of alkyl halides is 3. The van der Waals surface area contributed by atoms with Gasteiger partial charge in [0.25, 0.3) is 0 Å². The Kier molecular flexibility index (Phi) is 7.37. The van der Waals surface area contributed by atoms with E-state index in [1.807, 2.05) is 20.8 Å². The van der Waals surface area contributed by atoms with Gasteiger partial charge in [-0.25, -0.2) is 8.42 Å². The molecule has 0 spiro atoms. The van der Waals surface area contributed by atoms with Crippen LogP contribution in [0.4, 0.5) is 13.2 Å². The summed E-state index contributed by atoms with van der Waals surface area (Å²) in [5.41, 5.74) is -1.26. The molecule has 164 valence electrons. The highest BCUT2D eigenvalue weighted by molar-refractivity contribution is 7.91. The molecule has 1 amide bonds. The number of hydrogen-bond donors (Lipinski definition) is 2. The first-order valence-corrected chi connectivity index (χ1v) is 11.4. The van der Waals surface area contributed by atoms with E-state index in [2.05, 4.69) is 10.6 Å². The molecule has 1 saturated carbocycles. The van der Waals surface area contributed by atoms with Gasteiger partial charge in [0.05, 0.1) is 22.8 Å². The van der Waals surface area contributed by atoms with Crippen molar-refractivity contribution < 1.29 is 26.4 Å². The molecule has 0 radical (unpaired) electrons. The lowest BCUT2D eigenvalue weighted by atomic mass is 9.87. The Morgan fingerprint density at radius 3 is 2.28 bits per heavy atom.